The van der Waals surface area contributed by atoms with Crippen LogP contribution in [0.4, 0.5) is 0 Å². The van der Waals surface area contributed by atoms with E-state index in [0.29, 0.717) is 44.1 Å². The molecule has 0 aromatic carbocycles. The van der Waals surface area contributed by atoms with E-state index in [2.05, 4.69) is 15.2 Å². The lowest BCUT2D eigenvalue weighted by molar-refractivity contribution is -0.146. The Morgan fingerprint density at radius 1 is 1.18 bits per heavy atom. The molecule has 184 valence electrons. The van der Waals surface area contributed by atoms with Gasteiger partial charge in [0.2, 0.25) is 17.7 Å². The Bertz CT molecular complexity index is 934. The molecule has 1 N–H and O–H groups in total. The highest BCUT2D eigenvalue weighted by molar-refractivity contribution is 5.96. The summed E-state index contributed by atoms with van der Waals surface area (Å²) >= 11 is 0. The van der Waals surface area contributed by atoms with Gasteiger partial charge in [-0.15, -0.1) is 0 Å². The van der Waals surface area contributed by atoms with Crippen molar-refractivity contribution in [3.05, 3.63) is 23.9 Å². The highest BCUT2D eigenvalue weighted by Crippen LogP contribution is 2.30. The maximum absolute atomic E-state index is 13.9. The van der Waals surface area contributed by atoms with Crippen LogP contribution in [-0.4, -0.2) is 94.9 Å². The number of carbonyl (C=O) groups is 3. The number of nitrogens with zero attached hydrogens (tertiary/aromatic N) is 4. The zero-order chi connectivity index (χ0) is 23.7. The minimum atomic E-state index is -0.280. The van der Waals surface area contributed by atoms with Crippen molar-refractivity contribution in [1.82, 2.24) is 25.0 Å². The van der Waals surface area contributed by atoms with Crippen LogP contribution in [0, 0.1) is 5.92 Å². The molecule has 9 heteroatoms. The predicted molar refractivity (Wildman–Crippen MR) is 125 cm³/mol. The summed E-state index contributed by atoms with van der Waals surface area (Å²) in [4.78, 5) is 49.4. The average molecular weight is 470 g/mol. The Labute approximate surface area is 200 Å². The quantitative estimate of drug-likeness (QED) is 0.701. The number of likely N-dealkylation sites (tertiary alicyclic amines) is 1. The summed E-state index contributed by atoms with van der Waals surface area (Å²) in [7, 11) is 0. The van der Waals surface area contributed by atoms with Crippen molar-refractivity contribution in [3.8, 4) is 5.88 Å². The van der Waals surface area contributed by atoms with E-state index in [1.807, 2.05) is 4.90 Å². The number of pyridine rings is 1. The fraction of sp³-hybridized carbons (Fsp3) is 0.680. The maximum Gasteiger partial charge on any atom is 0.257 e. The molecular formula is C25H35N5O4. The first-order valence-electron chi connectivity index (χ1n) is 12.7. The summed E-state index contributed by atoms with van der Waals surface area (Å²) < 4.78 is 6.00. The molecule has 34 heavy (non-hydrogen) atoms. The van der Waals surface area contributed by atoms with Gasteiger partial charge in [-0.3, -0.25) is 19.3 Å². The molecule has 5 rings (SSSR count). The Kier molecular flexibility index (Phi) is 6.72. The molecule has 3 atom stereocenters. The van der Waals surface area contributed by atoms with Crippen LogP contribution in [0.1, 0.15) is 55.8 Å². The number of aromatic nitrogens is 1. The van der Waals surface area contributed by atoms with Crippen molar-refractivity contribution < 1.29 is 19.1 Å². The number of hydrogen-bond acceptors (Lipinski definition) is 6. The van der Waals surface area contributed by atoms with Gasteiger partial charge in [-0.25, -0.2) is 4.98 Å². The molecule has 3 aliphatic heterocycles. The van der Waals surface area contributed by atoms with Crippen LogP contribution in [0.3, 0.4) is 0 Å². The number of ether oxygens (including phenoxy) is 1. The summed E-state index contributed by atoms with van der Waals surface area (Å²) in [5.41, 5.74) is 0.405. The maximum atomic E-state index is 13.9. The second-order valence-electron chi connectivity index (χ2n) is 10.2. The van der Waals surface area contributed by atoms with Gasteiger partial charge in [0.15, 0.2) is 0 Å². The smallest absolute Gasteiger partial charge is 0.257 e. The van der Waals surface area contributed by atoms with Gasteiger partial charge in [-0.05, 0) is 37.3 Å². The number of rotatable bonds is 2. The lowest BCUT2D eigenvalue weighted by Gasteiger charge is -2.43. The molecule has 1 saturated carbocycles. The van der Waals surface area contributed by atoms with Gasteiger partial charge in [0.25, 0.3) is 5.91 Å². The molecular weight excluding hydrogens is 434 g/mol. The van der Waals surface area contributed by atoms with Crippen LogP contribution < -0.4 is 10.1 Å². The van der Waals surface area contributed by atoms with E-state index in [4.69, 9.17) is 4.74 Å². The molecule has 1 aromatic heterocycles. The minimum absolute atomic E-state index is 0.00373. The molecule has 2 saturated heterocycles. The number of hydrogen-bond donors (Lipinski definition) is 1. The Balaban J connectivity index is 1.44. The van der Waals surface area contributed by atoms with Gasteiger partial charge >= 0.3 is 0 Å². The Hall–Kier alpha value is -2.68. The van der Waals surface area contributed by atoms with Gasteiger partial charge in [0, 0.05) is 51.9 Å². The first-order chi connectivity index (χ1) is 16.5. The summed E-state index contributed by atoms with van der Waals surface area (Å²) in [6, 6.07) is 2.81. The molecule has 2 bridgehead atoms. The van der Waals surface area contributed by atoms with Gasteiger partial charge in [-0.1, -0.05) is 19.3 Å². The summed E-state index contributed by atoms with van der Waals surface area (Å²) in [5, 5.41) is 3.14. The normalized spacial score (nSPS) is 28.8. The van der Waals surface area contributed by atoms with E-state index in [-0.39, 0.29) is 48.3 Å². The van der Waals surface area contributed by atoms with E-state index >= 15 is 0 Å². The fourth-order valence-corrected chi connectivity index (χ4v) is 6.05. The topological polar surface area (TPSA) is 95.1 Å². The van der Waals surface area contributed by atoms with E-state index < -0.39 is 0 Å². The highest BCUT2D eigenvalue weighted by Gasteiger charge is 2.43. The Morgan fingerprint density at radius 2 is 2.00 bits per heavy atom. The van der Waals surface area contributed by atoms with Crippen LogP contribution in [0.5, 0.6) is 5.88 Å². The van der Waals surface area contributed by atoms with Gasteiger partial charge < -0.3 is 19.9 Å². The van der Waals surface area contributed by atoms with Crippen LogP contribution in [0.2, 0.25) is 0 Å². The number of fused-ring (bicyclic) bond motifs is 4. The monoisotopic (exact) mass is 469 g/mol. The van der Waals surface area contributed by atoms with Crippen LogP contribution in [0.15, 0.2) is 18.3 Å². The molecule has 4 aliphatic rings. The molecule has 3 amide bonds. The molecule has 1 aliphatic carbocycles. The highest BCUT2D eigenvalue weighted by atomic mass is 16.5. The van der Waals surface area contributed by atoms with Crippen molar-refractivity contribution in [3.63, 3.8) is 0 Å². The van der Waals surface area contributed by atoms with E-state index in [1.54, 1.807) is 30.2 Å². The zero-order valence-corrected chi connectivity index (χ0v) is 19.9. The van der Waals surface area contributed by atoms with Gasteiger partial charge in [-0.2, -0.15) is 0 Å². The third kappa shape index (κ3) is 4.76. The van der Waals surface area contributed by atoms with E-state index in [9.17, 15) is 14.4 Å². The summed E-state index contributed by atoms with van der Waals surface area (Å²) in [5.74, 6) is 0.738. The standard InChI is InChI=1S/C25H35N5O4/c1-17(31)28-10-11-30-20(15-28)16-34-24-21(8-5-9-26-24)23(32)27-19-12-22(25(30)33)29(14-19)13-18-6-3-2-4-7-18/h5,8-9,18-20,22H,2-4,6-7,10-16H2,1H3,(H,27,32)/t19-,20-,22-/m0/s1. The van der Waals surface area contributed by atoms with E-state index in [0.717, 1.165) is 6.54 Å². The molecule has 4 heterocycles. The second-order valence-corrected chi connectivity index (χ2v) is 10.2. The number of amides is 3. The van der Waals surface area contributed by atoms with Crippen molar-refractivity contribution >= 4 is 17.7 Å². The fourth-order valence-electron chi connectivity index (χ4n) is 6.05. The van der Waals surface area contributed by atoms with Crippen molar-refractivity contribution in [1.29, 1.82) is 0 Å². The first kappa shape index (κ1) is 23.1. The molecule has 0 spiro atoms. The SMILES string of the molecule is CC(=O)N1CCN2C(=O)[C@@H]3C[C@@H](CN3CC3CCCCC3)NC(=O)c3cccnc3OC[C@@H]2C1. The second kappa shape index (κ2) is 9.90. The predicted octanol–water partition coefficient (Wildman–Crippen LogP) is 1.29. The lowest BCUT2D eigenvalue weighted by atomic mass is 9.89. The minimum Gasteiger partial charge on any atom is -0.475 e. The first-order valence-corrected chi connectivity index (χ1v) is 12.7. The van der Waals surface area contributed by atoms with Crippen molar-refractivity contribution in [2.45, 2.75) is 63.6 Å². The van der Waals surface area contributed by atoms with Gasteiger partial charge in [0.05, 0.1) is 12.1 Å². The largest absolute Gasteiger partial charge is 0.475 e. The third-order valence-electron chi connectivity index (χ3n) is 7.88. The molecule has 3 fully saturated rings. The van der Waals surface area contributed by atoms with Crippen molar-refractivity contribution in [2.75, 3.05) is 39.3 Å². The molecule has 9 nitrogen and oxygen atoms in total. The molecule has 1 aromatic rings. The lowest BCUT2D eigenvalue weighted by Crippen LogP contribution is -2.61. The number of piperazine rings is 1. The van der Waals surface area contributed by atoms with Gasteiger partial charge in [0.1, 0.15) is 12.2 Å². The Morgan fingerprint density at radius 3 is 2.79 bits per heavy atom. The molecule has 0 unspecified atom stereocenters. The molecule has 0 radical (unpaired) electrons. The third-order valence-corrected chi connectivity index (χ3v) is 7.88. The average Bonchev–Trinajstić information content (AvgIpc) is 3.24. The van der Waals surface area contributed by atoms with Crippen molar-refractivity contribution in [2.24, 2.45) is 5.92 Å². The van der Waals surface area contributed by atoms with E-state index in [1.165, 1.54) is 32.1 Å². The van der Waals surface area contributed by atoms with Crippen LogP contribution in [0.25, 0.3) is 0 Å². The summed E-state index contributed by atoms with van der Waals surface area (Å²) in [6.45, 7) is 4.76. The zero-order valence-electron chi connectivity index (χ0n) is 19.9. The van der Waals surface area contributed by atoms with Crippen LogP contribution in [-0.2, 0) is 9.59 Å². The summed E-state index contributed by atoms with van der Waals surface area (Å²) in [6.07, 6.45) is 8.44. The number of carbonyl (C=O) groups excluding carboxylic acids is 3. The number of nitrogens with one attached hydrogen (secondary N) is 1. The van der Waals surface area contributed by atoms with Crippen LogP contribution >= 0.6 is 0 Å².